The molecule has 1 aromatic carbocycles. The third-order valence-corrected chi connectivity index (χ3v) is 4.12. The normalized spacial score (nSPS) is 12.9. The lowest BCUT2D eigenvalue weighted by Crippen LogP contribution is -2.38. The van der Waals surface area contributed by atoms with E-state index in [1.165, 1.54) is 5.56 Å². The number of rotatable bonds is 7. The summed E-state index contributed by atoms with van der Waals surface area (Å²) >= 11 is 0. The third-order valence-electron chi connectivity index (χ3n) is 4.12. The van der Waals surface area contributed by atoms with Gasteiger partial charge in [-0.15, -0.1) is 16.8 Å². The number of aliphatic imine (C=N–C) groups is 1. The predicted molar refractivity (Wildman–Crippen MR) is 99.4 cm³/mol. The van der Waals surface area contributed by atoms with E-state index in [1.54, 1.807) is 6.08 Å². The van der Waals surface area contributed by atoms with Crippen molar-refractivity contribution in [2.24, 2.45) is 12.0 Å². The third kappa shape index (κ3) is 4.33. The predicted octanol–water partition coefficient (Wildman–Crippen LogP) is 1.32. The molecule has 2 heterocycles. The molecule has 138 valence electrons. The van der Waals surface area contributed by atoms with Crippen molar-refractivity contribution in [2.45, 2.75) is 19.9 Å². The monoisotopic (exact) mass is 356 g/mol. The number of nitrogens with zero attached hydrogens (tertiary/aromatic N) is 4. The van der Waals surface area contributed by atoms with E-state index in [1.807, 2.05) is 36.7 Å². The van der Waals surface area contributed by atoms with Crippen LogP contribution in [0.5, 0.6) is 11.5 Å². The van der Waals surface area contributed by atoms with Crippen molar-refractivity contribution < 1.29 is 9.47 Å². The second-order valence-electron chi connectivity index (χ2n) is 5.92. The minimum absolute atomic E-state index is 0.292. The van der Waals surface area contributed by atoms with Crippen molar-refractivity contribution in [3.05, 3.63) is 48.1 Å². The van der Waals surface area contributed by atoms with E-state index in [9.17, 15) is 0 Å². The molecule has 8 nitrogen and oxygen atoms in total. The molecule has 0 spiro atoms. The Morgan fingerprint density at radius 3 is 2.92 bits per heavy atom. The standard InChI is InChI=1S/C18H24N6O2/c1-4-8-19-18(21-11-17-23-22-13(2)24(17)3)20-9-7-14-5-6-15-16(10-14)26-12-25-15/h4-6,10H,1,7-9,11-12H2,2-3H3,(H2,19,20,21). The topological polar surface area (TPSA) is 85.6 Å². The zero-order valence-corrected chi connectivity index (χ0v) is 15.2. The van der Waals surface area contributed by atoms with Crippen molar-refractivity contribution in [3.8, 4) is 11.5 Å². The largest absolute Gasteiger partial charge is 0.454 e. The first kappa shape index (κ1) is 17.8. The molecule has 3 rings (SSSR count). The van der Waals surface area contributed by atoms with Crippen LogP contribution in [0.4, 0.5) is 0 Å². The van der Waals surface area contributed by atoms with Gasteiger partial charge in [-0.2, -0.15) is 0 Å². The average molecular weight is 356 g/mol. The minimum Gasteiger partial charge on any atom is -0.454 e. The SMILES string of the molecule is C=CCNC(=NCc1nnc(C)n1C)NCCc1ccc2c(c1)OCO2. The van der Waals surface area contributed by atoms with Gasteiger partial charge in [0, 0.05) is 20.1 Å². The first-order chi connectivity index (χ1) is 12.7. The maximum Gasteiger partial charge on any atom is 0.231 e. The molecule has 2 aromatic rings. The summed E-state index contributed by atoms with van der Waals surface area (Å²) < 4.78 is 12.7. The van der Waals surface area contributed by atoms with Crippen LogP contribution in [0, 0.1) is 6.92 Å². The van der Waals surface area contributed by atoms with Gasteiger partial charge < -0.3 is 24.7 Å². The van der Waals surface area contributed by atoms with Crippen molar-refractivity contribution in [1.29, 1.82) is 0 Å². The Kier molecular flexibility index (Phi) is 5.73. The van der Waals surface area contributed by atoms with Crippen molar-refractivity contribution >= 4 is 5.96 Å². The van der Waals surface area contributed by atoms with E-state index in [2.05, 4.69) is 32.4 Å². The molecule has 8 heteroatoms. The lowest BCUT2D eigenvalue weighted by Gasteiger charge is -2.11. The molecule has 0 atom stereocenters. The number of guanidine groups is 1. The van der Waals surface area contributed by atoms with Gasteiger partial charge in [0.15, 0.2) is 23.3 Å². The highest BCUT2D eigenvalue weighted by Crippen LogP contribution is 2.32. The summed E-state index contributed by atoms with van der Waals surface area (Å²) in [6.45, 7) is 7.76. The summed E-state index contributed by atoms with van der Waals surface area (Å²) in [6.07, 6.45) is 2.63. The minimum atomic E-state index is 0.292. The van der Waals surface area contributed by atoms with E-state index in [-0.39, 0.29) is 0 Å². The number of hydrogen-bond donors (Lipinski definition) is 2. The summed E-state index contributed by atoms with van der Waals surface area (Å²) in [5, 5.41) is 14.7. The molecule has 0 unspecified atom stereocenters. The van der Waals surface area contributed by atoms with Gasteiger partial charge in [-0.25, -0.2) is 4.99 Å². The number of aromatic nitrogens is 3. The first-order valence-electron chi connectivity index (χ1n) is 8.54. The van der Waals surface area contributed by atoms with Gasteiger partial charge in [0.25, 0.3) is 0 Å². The molecular weight excluding hydrogens is 332 g/mol. The number of benzene rings is 1. The fourth-order valence-electron chi connectivity index (χ4n) is 2.50. The van der Waals surface area contributed by atoms with Gasteiger partial charge >= 0.3 is 0 Å². The van der Waals surface area contributed by atoms with Crippen LogP contribution in [0.25, 0.3) is 0 Å². The lowest BCUT2D eigenvalue weighted by atomic mass is 10.1. The maximum atomic E-state index is 5.42. The average Bonchev–Trinajstić information content (AvgIpc) is 3.24. The molecule has 0 fully saturated rings. The molecule has 0 radical (unpaired) electrons. The molecule has 0 amide bonds. The summed E-state index contributed by atoms with van der Waals surface area (Å²) in [5.41, 5.74) is 1.17. The second kappa shape index (κ2) is 8.37. The Hall–Kier alpha value is -3.03. The smallest absolute Gasteiger partial charge is 0.231 e. The van der Waals surface area contributed by atoms with Crippen LogP contribution in [0.1, 0.15) is 17.2 Å². The van der Waals surface area contributed by atoms with E-state index in [0.717, 1.165) is 36.1 Å². The number of aryl methyl sites for hydroxylation is 1. The molecule has 2 N–H and O–H groups in total. The second-order valence-corrected chi connectivity index (χ2v) is 5.92. The van der Waals surface area contributed by atoms with Crippen LogP contribution in [0.15, 0.2) is 35.8 Å². The Balaban J connectivity index is 1.56. The van der Waals surface area contributed by atoms with Crippen molar-refractivity contribution in [1.82, 2.24) is 25.4 Å². The molecule has 1 aliphatic heterocycles. The van der Waals surface area contributed by atoms with Crippen molar-refractivity contribution in [2.75, 3.05) is 19.9 Å². The summed E-state index contributed by atoms with van der Waals surface area (Å²) in [5.74, 6) is 4.00. The van der Waals surface area contributed by atoms with Crippen LogP contribution in [-0.2, 0) is 20.0 Å². The van der Waals surface area contributed by atoms with E-state index < -0.39 is 0 Å². The highest BCUT2D eigenvalue weighted by Gasteiger charge is 2.13. The molecule has 1 aromatic heterocycles. The number of fused-ring (bicyclic) bond motifs is 1. The van der Waals surface area contributed by atoms with Gasteiger partial charge in [-0.05, 0) is 31.0 Å². The quantitative estimate of drug-likeness (QED) is 0.442. The molecule has 0 saturated carbocycles. The molecule has 1 aliphatic rings. The van der Waals surface area contributed by atoms with Gasteiger partial charge in [0.1, 0.15) is 12.4 Å². The van der Waals surface area contributed by atoms with Gasteiger partial charge in [-0.1, -0.05) is 12.1 Å². The van der Waals surface area contributed by atoms with Crippen LogP contribution in [0.3, 0.4) is 0 Å². The van der Waals surface area contributed by atoms with E-state index >= 15 is 0 Å². The van der Waals surface area contributed by atoms with E-state index in [4.69, 9.17) is 9.47 Å². The molecular formula is C18H24N6O2. The van der Waals surface area contributed by atoms with Crippen LogP contribution < -0.4 is 20.1 Å². The number of nitrogens with one attached hydrogen (secondary N) is 2. The Bertz CT molecular complexity index is 799. The van der Waals surface area contributed by atoms with Gasteiger partial charge in [-0.3, -0.25) is 0 Å². The zero-order valence-electron chi connectivity index (χ0n) is 15.2. The Morgan fingerprint density at radius 1 is 1.31 bits per heavy atom. The van der Waals surface area contributed by atoms with Crippen LogP contribution in [0.2, 0.25) is 0 Å². The number of ether oxygens (including phenoxy) is 2. The number of hydrogen-bond acceptors (Lipinski definition) is 5. The molecule has 0 saturated heterocycles. The Labute approximate surface area is 152 Å². The zero-order chi connectivity index (χ0) is 18.4. The van der Waals surface area contributed by atoms with E-state index in [0.29, 0.717) is 25.8 Å². The fourth-order valence-corrected chi connectivity index (χ4v) is 2.50. The van der Waals surface area contributed by atoms with Gasteiger partial charge in [0.05, 0.1) is 0 Å². The maximum absolute atomic E-state index is 5.42. The highest BCUT2D eigenvalue weighted by atomic mass is 16.7. The van der Waals surface area contributed by atoms with Crippen molar-refractivity contribution in [3.63, 3.8) is 0 Å². The first-order valence-corrected chi connectivity index (χ1v) is 8.54. The highest BCUT2D eigenvalue weighted by molar-refractivity contribution is 5.79. The molecule has 0 bridgehead atoms. The van der Waals surface area contributed by atoms with Crippen LogP contribution in [-0.4, -0.2) is 40.6 Å². The van der Waals surface area contributed by atoms with Gasteiger partial charge in [0.2, 0.25) is 6.79 Å². The summed E-state index contributed by atoms with van der Waals surface area (Å²) in [7, 11) is 1.93. The fraction of sp³-hybridized carbons (Fsp3) is 0.389. The Morgan fingerprint density at radius 2 is 2.15 bits per heavy atom. The molecule has 26 heavy (non-hydrogen) atoms. The molecule has 0 aliphatic carbocycles. The lowest BCUT2D eigenvalue weighted by molar-refractivity contribution is 0.174. The van der Waals surface area contributed by atoms with Crippen LogP contribution >= 0.6 is 0 Å². The summed E-state index contributed by atoms with van der Waals surface area (Å²) in [6, 6.07) is 6.00. The summed E-state index contributed by atoms with van der Waals surface area (Å²) in [4.78, 5) is 4.57.